The lowest BCUT2D eigenvalue weighted by Crippen LogP contribution is -2.41. The second-order valence-corrected chi connectivity index (χ2v) is 10.4. The Balaban J connectivity index is 1.63. The smallest absolute Gasteiger partial charge is 0.264 e. The van der Waals surface area contributed by atoms with Gasteiger partial charge in [-0.3, -0.25) is 9.10 Å². The van der Waals surface area contributed by atoms with Crippen molar-refractivity contribution in [3.05, 3.63) is 89.5 Å². The molecule has 0 aliphatic heterocycles. The van der Waals surface area contributed by atoms with Crippen molar-refractivity contribution in [1.82, 2.24) is 5.32 Å². The van der Waals surface area contributed by atoms with E-state index in [4.69, 9.17) is 11.6 Å². The average molecular weight is 511 g/mol. The van der Waals surface area contributed by atoms with Crippen LogP contribution >= 0.6 is 23.4 Å². The largest absolute Gasteiger partial charge is 0.354 e. The van der Waals surface area contributed by atoms with Crippen LogP contribution in [0.4, 0.5) is 14.5 Å². The predicted octanol–water partition coefficient (Wildman–Crippen LogP) is 5.11. The van der Waals surface area contributed by atoms with Crippen molar-refractivity contribution < 1.29 is 22.0 Å². The van der Waals surface area contributed by atoms with Crippen LogP contribution in [0.5, 0.6) is 0 Å². The molecule has 0 radical (unpaired) electrons. The summed E-state index contributed by atoms with van der Waals surface area (Å²) in [5.41, 5.74) is 0.120. The molecule has 1 N–H and O–H groups in total. The molecule has 174 valence electrons. The summed E-state index contributed by atoms with van der Waals surface area (Å²) in [6, 6.07) is 16.5. The molecule has 0 heterocycles. The fraction of sp³-hybridized carbons (Fsp3) is 0.174. The maximum Gasteiger partial charge on any atom is 0.264 e. The van der Waals surface area contributed by atoms with Crippen LogP contribution in [-0.4, -0.2) is 33.2 Å². The highest BCUT2D eigenvalue weighted by Crippen LogP contribution is 2.24. The summed E-state index contributed by atoms with van der Waals surface area (Å²) in [6.45, 7) is -0.150. The Morgan fingerprint density at radius 3 is 2.09 bits per heavy atom. The molecule has 3 aromatic carbocycles. The van der Waals surface area contributed by atoms with Crippen molar-refractivity contribution in [2.24, 2.45) is 0 Å². The summed E-state index contributed by atoms with van der Waals surface area (Å²) in [7, 11) is -4.19. The highest BCUT2D eigenvalue weighted by Gasteiger charge is 2.27. The number of nitrogens with zero attached hydrogens (tertiary/aromatic N) is 1. The molecule has 33 heavy (non-hydrogen) atoms. The monoisotopic (exact) mass is 510 g/mol. The minimum atomic E-state index is -4.19. The topological polar surface area (TPSA) is 66.5 Å². The highest BCUT2D eigenvalue weighted by atomic mass is 35.5. The van der Waals surface area contributed by atoms with E-state index >= 15 is 0 Å². The minimum absolute atomic E-state index is 0.120. The zero-order valence-corrected chi connectivity index (χ0v) is 19.8. The first-order valence-electron chi connectivity index (χ1n) is 9.94. The first-order chi connectivity index (χ1) is 15.8. The first kappa shape index (κ1) is 25.0. The number of carbonyl (C=O) groups excluding carboxylic acids is 1. The van der Waals surface area contributed by atoms with Gasteiger partial charge in [0.1, 0.15) is 18.2 Å². The molecule has 3 rings (SSSR count). The second-order valence-electron chi connectivity index (χ2n) is 6.95. The Morgan fingerprint density at radius 1 is 0.909 bits per heavy atom. The van der Waals surface area contributed by atoms with Crippen molar-refractivity contribution >= 4 is 45.0 Å². The molecule has 0 atom stereocenters. The van der Waals surface area contributed by atoms with Gasteiger partial charge in [0.25, 0.3) is 10.0 Å². The predicted molar refractivity (Wildman–Crippen MR) is 127 cm³/mol. The lowest BCUT2D eigenvalue weighted by Gasteiger charge is -2.24. The fourth-order valence-corrected chi connectivity index (χ4v) is 5.26. The number of thioether (sulfide) groups is 1. The van der Waals surface area contributed by atoms with E-state index < -0.39 is 34.1 Å². The van der Waals surface area contributed by atoms with E-state index in [0.717, 1.165) is 51.4 Å². The van der Waals surface area contributed by atoms with Crippen molar-refractivity contribution in [3.8, 4) is 0 Å². The van der Waals surface area contributed by atoms with Crippen molar-refractivity contribution in [2.45, 2.75) is 16.2 Å². The summed E-state index contributed by atoms with van der Waals surface area (Å²) in [4.78, 5) is 13.4. The normalized spacial score (nSPS) is 11.2. The lowest BCUT2D eigenvalue weighted by atomic mass is 10.3. The molecule has 10 heteroatoms. The molecule has 0 aromatic heterocycles. The average Bonchev–Trinajstić information content (AvgIpc) is 2.79. The van der Waals surface area contributed by atoms with Gasteiger partial charge in [-0.15, -0.1) is 11.8 Å². The Kier molecular flexibility index (Phi) is 8.71. The van der Waals surface area contributed by atoms with Crippen molar-refractivity contribution in [1.29, 1.82) is 0 Å². The van der Waals surface area contributed by atoms with Gasteiger partial charge in [0.15, 0.2) is 0 Å². The second kappa shape index (κ2) is 11.5. The molecular weight excluding hydrogens is 490 g/mol. The molecule has 1 amide bonds. The summed E-state index contributed by atoms with van der Waals surface area (Å²) >= 11 is 7.48. The zero-order chi connectivity index (χ0) is 23.8. The van der Waals surface area contributed by atoms with Gasteiger partial charge in [0.2, 0.25) is 5.91 Å². The number of anilines is 1. The van der Waals surface area contributed by atoms with E-state index in [2.05, 4.69) is 5.32 Å². The highest BCUT2D eigenvalue weighted by molar-refractivity contribution is 7.99. The van der Waals surface area contributed by atoms with Crippen LogP contribution in [0.3, 0.4) is 0 Å². The maximum atomic E-state index is 13.4. The number of carbonyl (C=O) groups is 1. The molecule has 0 spiro atoms. The maximum absolute atomic E-state index is 13.4. The van der Waals surface area contributed by atoms with E-state index in [1.165, 1.54) is 12.1 Å². The van der Waals surface area contributed by atoms with Crippen LogP contribution in [0, 0.1) is 11.6 Å². The summed E-state index contributed by atoms with van der Waals surface area (Å²) in [5.74, 6) is -0.893. The molecule has 0 aliphatic rings. The van der Waals surface area contributed by atoms with Gasteiger partial charge >= 0.3 is 0 Å². The number of benzene rings is 3. The van der Waals surface area contributed by atoms with Gasteiger partial charge in [-0.1, -0.05) is 11.6 Å². The number of sulfonamides is 1. The quantitative estimate of drug-likeness (QED) is 0.304. The van der Waals surface area contributed by atoms with Crippen LogP contribution < -0.4 is 9.62 Å². The number of hydrogen-bond donors (Lipinski definition) is 1. The summed E-state index contributed by atoms with van der Waals surface area (Å²) in [6.07, 6.45) is 0.667. The van der Waals surface area contributed by atoms with Gasteiger partial charge in [-0.25, -0.2) is 17.2 Å². The Bertz CT molecular complexity index is 1170. The van der Waals surface area contributed by atoms with Crippen LogP contribution in [0.25, 0.3) is 0 Å². The fourth-order valence-electron chi connectivity index (χ4n) is 2.86. The summed E-state index contributed by atoms with van der Waals surface area (Å²) in [5, 5.41) is 3.37. The van der Waals surface area contributed by atoms with Gasteiger partial charge < -0.3 is 5.32 Å². The van der Waals surface area contributed by atoms with Crippen LogP contribution in [0.1, 0.15) is 6.42 Å². The zero-order valence-electron chi connectivity index (χ0n) is 17.4. The molecule has 0 fully saturated rings. The van der Waals surface area contributed by atoms with Gasteiger partial charge in [0, 0.05) is 16.5 Å². The molecule has 0 saturated heterocycles. The molecule has 0 aliphatic carbocycles. The lowest BCUT2D eigenvalue weighted by molar-refractivity contribution is -0.119. The molecule has 3 aromatic rings. The van der Waals surface area contributed by atoms with Gasteiger partial charge in [-0.05, 0) is 85.0 Å². The van der Waals surface area contributed by atoms with Crippen LogP contribution in [-0.2, 0) is 14.8 Å². The Hall–Kier alpha value is -2.62. The van der Waals surface area contributed by atoms with E-state index in [0.29, 0.717) is 18.0 Å². The van der Waals surface area contributed by atoms with E-state index in [-0.39, 0.29) is 10.6 Å². The third-order valence-corrected chi connectivity index (χ3v) is 7.67. The van der Waals surface area contributed by atoms with Gasteiger partial charge in [0.05, 0.1) is 10.6 Å². The number of nitrogens with one attached hydrogen (secondary N) is 1. The number of hydrogen-bond acceptors (Lipinski definition) is 4. The Morgan fingerprint density at radius 2 is 1.48 bits per heavy atom. The molecule has 0 bridgehead atoms. The van der Waals surface area contributed by atoms with Crippen molar-refractivity contribution in [2.75, 3.05) is 23.1 Å². The van der Waals surface area contributed by atoms with E-state index in [1.807, 2.05) is 12.1 Å². The van der Waals surface area contributed by atoms with E-state index in [1.54, 1.807) is 23.9 Å². The number of rotatable bonds is 10. The standard InChI is InChI=1S/C23H21ClF2N2O3S2/c24-17-2-10-21(11-3-17)32-15-1-14-27-23(29)16-28(20-8-4-18(25)5-9-20)33(30,31)22-12-6-19(26)7-13-22/h2-13H,1,14-16H2,(H,27,29). The van der Waals surface area contributed by atoms with Gasteiger partial charge in [-0.2, -0.15) is 0 Å². The number of amides is 1. The van der Waals surface area contributed by atoms with E-state index in [9.17, 15) is 22.0 Å². The van der Waals surface area contributed by atoms with Crippen LogP contribution in [0.2, 0.25) is 5.02 Å². The molecule has 0 saturated carbocycles. The first-order valence-corrected chi connectivity index (χ1v) is 12.7. The summed E-state index contributed by atoms with van der Waals surface area (Å²) < 4.78 is 53.8. The third kappa shape index (κ3) is 7.18. The third-order valence-electron chi connectivity index (χ3n) is 4.53. The molecule has 0 unspecified atom stereocenters. The van der Waals surface area contributed by atoms with Crippen LogP contribution in [0.15, 0.2) is 82.6 Å². The molecular formula is C23H21ClF2N2O3S2. The van der Waals surface area contributed by atoms with Crippen molar-refractivity contribution in [3.63, 3.8) is 0 Å². The molecule has 5 nitrogen and oxygen atoms in total. The Labute approximate surface area is 200 Å². The SMILES string of the molecule is O=C(CN(c1ccc(F)cc1)S(=O)(=O)c1ccc(F)cc1)NCCCSc1ccc(Cl)cc1. The number of halogens is 3. The minimum Gasteiger partial charge on any atom is -0.354 e.